The normalized spacial score (nSPS) is 22.8. The lowest BCUT2D eigenvalue weighted by Gasteiger charge is -2.45. The van der Waals surface area contributed by atoms with Gasteiger partial charge in [-0.1, -0.05) is 78.9 Å². The summed E-state index contributed by atoms with van der Waals surface area (Å²) in [6.45, 7) is 4.70. The molecule has 2 heterocycles. The van der Waals surface area contributed by atoms with E-state index >= 15 is 0 Å². The molecular weight excluding hydrogens is 464 g/mol. The van der Waals surface area contributed by atoms with Crippen molar-refractivity contribution in [1.82, 2.24) is 9.80 Å². The van der Waals surface area contributed by atoms with Crippen molar-refractivity contribution >= 4 is 11.6 Å². The molecule has 0 N–H and O–H groups in total. The van der Waals surface area contributed by atoms with Crippen molar-refractivity contribution in [2.24, 2.45) is 0 Å². The van der Waals surface area contributed by atoms with Crippen molar-refractivity contribution in [3.8, 4) is 0 Å². The Morgan fingerprint density at radius 1 is 0.838 bits per heavy atom. The molecule has 37 heavy (non-hydrogen) atoms. The number of carbonyl (C=O) groups is 2. The number of carbonyl (C=O) groups excluding carboxylic acids is 2. The highest BCUT2D eigenvalue weighted by Gasteiger charge is 2.58. The SMILES string of the molecule is Cc1cccc2c1C(=O)C(c1ccccc1)(N1CCN(C(Cc3ccccc3)C3=COCO3)CC1)C2=O. The summed E-state index contributed by atoms with van der Waals surface area (Å²) in [6, 6.07) is 25.5. The minimum Gasteiger partial charge on any atom is -0.462 e. The van der Waals surface area contributed by atoms with Crippen LogP contribution in [0.5, 0.6) is 0 Å². The summed E-state index contributed by atoms with van der Waals surface area (Å²) in [5.41, 5.74) is 2.57. The Hall–Kier alpha value is -3.74. The van der Waals surface area contributed by atoms with E-state index in [0.29, 0.717) is 37.3 Å². The topological polar surface area (TPSA) is 59.1 Å². The van der Waals surface area contributed by atoms with Crippen LogP contribution >= 0.6 is 0 Å². The summed E-state index contributed by atoms with van der Waals surface area (Å²) < 4.78 is 11.2. The van der Waals surface area contributed by atoms with Gasteiger partial charge in [0.1, 0.15) is 6.26 Å². The van der Waals surface area contributed by atoms with Gasteiger partial charge < -0.3 is 9.47 Å². The molecule has 3 aromatic carbocycles. The van der Waals surface area contributed by atoms with E-state index in [1.54, 1.807) is 12.3 Å². The fourth-order valence-corrected chi connectivity index (χ4v) is 6.09. The Morgan fingerprint density at radius 2 is 1.54 bits per heavy atom. The van der Waals surface area contributed by atoms with Crippen molar-refractivity contribution in [2.75, 3.05) is 33.0 Å². The fourth-order valence-electron chi connectivity index (χ4n) is 6.09. The van der Waals surface area contributed by atoms with Gasteiger partial charge in [-0.05, 0) is 30.0 Å². The van der Waals surface area contributed by atoms with Gasteiger partial charge in [-0.2, -0.15) is 0 Å². The van der Waals surface area contributed by atoms with Crippen LogP contribution < -0.4 is 0 Å². The van der Waals surface area contributed by atoms with E-state index in [-0.39, 0.29) is 24.4 Å². The molecule has 3 aromatic rings. The van der Waals surface area contributed by atoms with Crippen LogP contribution in [0.3, 0.4) is 0 Å². The van der Waals surface area contributed by atoms with Crippen LogP contribution in [0.15, 0.2) is 90.9 Å². The van der Waals surface area contributed by atoms with Gasteiger partial charge in [0.05, 0.1) is 6.04 Å². The Balaban J connectivity index is 1.32. The standard InChI is InChI=1S/C31H30N2O4/c1-22-9-8-14-25-28(22)30(35)31(29(25)34,24-12-6-3-7-13-24)33-17-15-32(16-18-33)26(27-20-36-21-37-27)19-23-10-4-2-5-11-23/h2-14,20,26H,15-19,21H2,1H3. The van der Waals surface area contributed by atoms with Crippen LogP contribution in [-0.4, -0.2) is 60.4 Å². The summed E-state index contributed by atoms with van der Waals surface area (Å²) in [5, 5.41) is 0. The minimum absolute atomic E-state index is 0.0224. The van der Waals surface area contributed by atoms with Crippen LogP contribution in [0, 0.1) is 6.92 Å². The first kappa shape index (κ1) is 23.6. The molecule has 0 amide bonds. The van der Waals surface area contributed by atoms with E-state index in [1.165, 1.54) is 5.56 Å². The molecule has 0 spiro atoms. The quantitative estimate of drug-likeness (QED) is 0.475. The number of ether oxygens (including phenoxy) is 2. The molecule has 0 aromatic heterocycles. The van der Waals surface area contributed by atoms with Crippen LogP contribution in [-0.2, 0) is 21.4 Å². The van der Waals surface area contributed by atoms with Crippen LogP contribution in [0.2, 0.25) is 0 Å². The van der Waals surface area contributed by atoms with Gasteiger partial charge in [0.25, 0.3) is 0 Å². The number of fused-ring (bicyclic) bond motifs is 1. The highest BCUT2D eigenvalue weighted by atomic mass is 16.7. The number of aryl methyl sites for hydroxylation is 1. The molecule has 2 aliphatic heterocycles. The van der Waals surface area contributed by atoms with Gasteiger partial charge in [-0.15, -0.1) is 0 Å². The minimum atomic E-state index is -1.33. The van der Waals surface area contributed by atoms with Gasteiger partial charge in [0.15, 0.2) is 22.9 Å². The Kier molecular flexibility index (Phi) is 6.14. The van der Waals surface area contributed by atoms with Crippen molar-refractivity contribution in [3.63, 3.8) is 0 Å². The third-order valence-electron chi connectivity index (χ3n) is 7.92. The second-order valence-corrected chi connectivity index (χ2v) is 9.91. The Morgan fingerprint density at radius 3 is 2.19 bits per heavy atom. The summed E-state index contributed by atoms with van der Waals surface area (Å²) in [4.78, 5) is 32.8. The number of hydrogen-bond donors (Lipinski definition) is 0. The third-order valence-corrected chi connectivity index (χ3v) is 7.92. The van der Waals surface area contributed by atoms with Crippen molar-refractivity contribution < 1.29 is 19.1 Å². The number of hydrogen-bond acceptors (Lipinski definition) is 6. The highest BCUT2D eigenvalue weighted by Crippen LogP contribution is 2.44. The maximum absolute atomic E-state index is 14.2. The van der Waals surface area contributed by atoms with Gasteiger partial charge >= 0.3 is 0 Å². The predicted molar refractivity (Wildman–Crippen MR) is 140 cm³/mol. The van der Waals surface area contributed by atoms with E-state index in [9.17, 15) is 9.59 Å². The smallest absolute Gasteiger partial charge is 0.229 e. The molecule has 1 saturated heterocycles. The average molecular weight is 495 g/mol. The summed E-state index contributed by atoms with van der Waals surface area (Å²) >= 11 is 0. The molecule has 0 bridgehead atoms. The molecular formula is C31H30N2O4. The van der Waals surface area contributed by atoms with Crippen molar-refractivity contribution in [1.29, 1.82) is 0 Å². The van der Waals surface area contributed by atoms with Gasteiger partial charge in [-0.25, -0.2) is 0 Å². The third kappa shape index (κ3) is 3.88. The summed E-state index contributed by atoms with van der Waals surface area (Å²) in [7, 11) is 0. The number of nitrogens with zero attached hydrogens (tertiary/aromatic N) is 2. The van der Waals surface area contributed by atoms with Crippen LogP contribution in [0.4, 0.5) is 0 Å². The number of piperazine rings is 1. The summed E-state index contributed by atoms with van der Waals surface area (Å²) in [6.07, 6.45) is 2.51. The van der Waals surface area contributed by atoms with E-state index < -0.39 is 5.54 Å². The molecule has 0 saturated carbocycles. The van der Waals surface area contributed by atoms with Crippen molar-refractivity contribution in [2.45, 2.75) is 24.9 Å². The second kappa shape index (κ2) is 9.61. The van der Waals surface area contributed by atoms with Gasteiger partial charge in [0, 0.05) is 37.3 Å². The molecule has 6 nitrogen and oxygen atoms in total. The van der Waals surface area contributed by atoms with Gasteiger partial charge in [0.2, 0.25) is 6.79 Å². The van der Waals surface area contributed by atoms with Crippen LogP contribution in [0.1, 0.15) is 37.4 Å². The molecule has 1 aliphatic carbocycles. The molecule has 2 unspecified atom stereocenters. The molecule has 6 rings (SSSR count). The average Bonchev–Trinajstić information content (AvgIpc) is 3.55. The number of Topliss-reactive ketones (excluding diaryl/α,β-unsaturated/α-hetero) is 2. The highest BCUT2D eigenvalue weighted by molar-refractivity contribution is 6.33. The largest absolute Gasteiger partial charge is 0.462 e. The lowest BCUT2D eigenvalue weighted by Crippen LogP contribution is -2.61. The zero-order valence-corrected chi connectivity index (χ0v) is 20.9. The van der Waals surface area contributed by atoms with E-state index in [4.69, 9.17) is 9.47 Å². The number of ketones is 2. The van der Waals surface area contributed by atoms with E-state index in [1.807, 2.05) is 67.6 Å². The first-order valence-electron chi connectivity index (χ1n) is 12.8. The molecule has 3 aliphatic rings. The lowest BCUT2D eigenvalue weighted by molar-refractivity contribution is 0.0137. The van der Waals surface area contributed by atoms with Crippen molar-refractivity contribution in [3.05, 3.63) is 119 Å². The van der Waals surface area contributed by atoms with Gasteiger partial charge in [-0.3, -0.25) is 19.4 Å². The van der Waals surface area contributed by atoms with E-state index in [2.05, 4.69) is 21.9 Å². The van der Waals surface area contributed by atoms with E-state index in [0.717, 1.165) is 23.3 Å². The fraction of sp³-hybridized carbons (Fsp3) is 0.290. The molecule has 2 atom stereocenters. The van der Waals surface area contributed by atoms with Crippen LogP contribution in [0.25, 0.3) is 0 Å². The monoisotopic (exact) mass is 494 g/mol. The molecule has 6 heteroatoms. The molecule has 188 valence electrons. The Labute approximate surface area is 217 Å². The number of rotatable bonds is 6. The number of benzene rings is 3. The maximum atomic E-state index is 14.2. The zero-order chi connectivity index (χ0) is 25.4. The first-order valence-corrected chi connectivity index (χ1v) is 12.8. The lowest BCUT2D eigenvalue weighted by atomic mass is 9.82. The molecule has 1 fully saturated rings. The molecule has 0 radical (unpaired) electrons. The first-order chi connectivity index (χ1) is 18.1. The zero-order valence-electron chi connectivity index (χ0n) is 20.9. The summed E-state index contributed by atoms with van der Waals surface area (Å²) in [5.74, 6) is 0.597. The Bertz CT molecular complexity index is 1350. The second-order valence-electron chi connectivity index (χ2n) is 9.91. The predicted octanol–water partition coefficient (Wildman–Crippen LogP) is 4.34. The maximum Gasteiger partial charge on any atom is 0.229 e.